The zero-order valence-electron chi connectivity index (χ0n) is 4.62. The molecule has 0 aromatic rings. The molecule has 1 saturated heterocycles. The lowest BCUT2D eigenvalue weighted by Gasteiger charge is -2.32. The SMILES string of the molecule is O=S(=O)(Cl)C1CN(P)C1. The van der Waals surface area contributed by atoms with Crippen LogP contribution in [0.5, 0.6) is 0 Å². The van der Waals surface area contributed by atoms with Crippen molar-refractivity contribution in [2.75, 3.05) is 13.1 Å². The average Bonchev–Trinajstić information content (AvgIpc) is 1.55. The van der Waals surface area contributed by atoms with E-state index in [4.69, 9.17) is 10.7 Å². The molecule has 1 atom stereocenters. The molecule has 0 amide bonds. The first-order valence-corrected chi connectivity index (χ1v) is 5.32. The highest BCUT2D eigenvalue weighted by atomic mass is 35.7. The summed E-state index contributed by atoms with van der Waals surface area (Å²) in [5, 5.41) is -0.350. The van der Waals surface area contributed by atoms with Gasteiger partial charge in [-0.1, -0.05) is 9.39 Å². The summed E-state index contributed by atoms with van der Waals surface area (Å²) in [6, 6.07) is 0. The van der Waals surface area contributed by atoms with Crippen LogP contribution in [0.15, 0.2) is 0 Å². The first-order valence-electron chi connectivity index (χ1n) is 2.43. The molecule has 0 aliphatic carbocycles. The Bertz CT molecular complexity index is 198. The summed E-state index contributed by atoms with van der Waals surface area (Å²) >= 11 is 0. The second-order valence-electron chi connectivity index (χ2n) is 2.05. The summed E-state index contributed by atoms with van der Waals surface area (Å²) in [7, 11) is 4.17. The first-order chi connectivity index (χ1) is 4.00. The largest absolute Gasteiger partial charge is 0.285 e. The predicted octanol–water partition coefficient (Wildman–Crippen LogP) is 0.0293. The molecule has 1 rings (SSSR count). The van der Waals surface area contributed by atoms with Gasteiger partial charge in [0.05, 0.1) is 0 Å². The number of halogens is 1. The maximum absolute atomic E-state index is 10.5. The van der Waals surface area contributed by atoms with Crippen molar-refractivity contribution < 1.29 is 8.42 Å². The Labute approximate surface area is 61.0 Å². The lowest BCUT2D eigenvalue weighted by Crippen LogP contribution is -2.47. The molecular weight excluding hydrogens is 181 g/mol. The van der Waals surface area contributed by atoms with E-state index in [1.807, 2.05) is 4.67 Å². The highest BCUT2D eigenvalue weighted by molar-refractivity contribution is 8.14. The Morgan fingerprint density at radius 3 is 2.11 bits per heavy atom. The second kappa shape index (κ2) is 2.35. The monoisotopic (exact) mass is 187 g/mol. The normalized spacial score (nSPS) is 23.8. The van der Waals surface area contributed by atoms with Crippen molar-refractivity contribution in [1.29, 1.82) is 0 Å². The smallest absolute Gasteiger partial charge is 0.238 e. The fourth-order valence-corrected chi connectivity index (χ4v) is 2.54. The van der Waals surface area contributed by atoms with E-state index in [2.05, 4.69) is 9.39 Å². The van der Waals surface area contributed by atoms with Crippen LogP contribution in [0.25, 0.3) is 0 Å². The van der Waals surface area contributed by atoms with Crippen LogP contribution >= 0.6 is 20.1 Å². The van der Waals surface area contributed by atoms with Gasteiger partial charge in [-0.3, -0.25) is 4.67 Å². The molecule has 1 unspecified atom stereocenters. The molecule has 1 aliphatic heterocycles. The zero-order valence-corrected chi connectivity index (χ0v) is 7.35. The third kappa shape index (κ3) is 1.77. The van der Waals surface area contributed by atoms with E-state index >= 15 is 0 Å². The Hall–Kier alpha value is 0.630. The van der Waals surface area contributed by atoms with Crippen LogP contribution in [0, 0.1) is 0 Å². The molecule has 0 aromatic carbocycles. The molecule has 54 valence electrons. The zero-order chi connectivity index (χ0) is 7.07. The Balaban J connectivity index is 2.51. The lowest BCUT2D eigenvalue weighted by molar-refractivity contribution is 0.344. The van der Waals surface area contributed by atoms with Crippen molar-refractivity contribution in [3.05, 3.63) is 0 Å². The summed E-state index contributed by atoms with van der Waals surface area (Å²) in [4.78, 5) is 0. The number of hydrogen-bond acceptors (Lipinski definition) is 3. The van der Waals surface area contributed by atoms with Gasteiger partial charge in [-0.05, 0) is 0 Å². The van der Waals surface area contributed by atoms with E-state index in [9.17, 15) is 8.42 Å². The summed E-state index contributed by atoms with van der Waals surface area (Å²) in [6.07, 6.45) is 0. The number of rotatable bonds is 1. The predicted molar refractivity (Wildman–Crippen MR) is 39.8 cm³/mol. The van der Waals surface area contributed by atoms with Crippen LogP contribution in [0.3, 0.4) is 0 Å². The topological polar surface area (TPSA) is 37.4 Å². The molecule has 1 fully saturated rings. The average molecular weight is 188 g/mol. The molecule has 9 heavy (non-hydrogen) atoms. The van der Waals surface area contributed by atoms with Gasteiger partial charge in [0.2, 0.25) is 9.05 Å². The van der Waals surface area contributed by atoms with Gasteiger partial charge >= 0.3 is 0 Å². The Morgan fingerprint density at radius 1 is 1.56 bits per heavy atom. The van der Waals surface area contributed by atoms with Crippen LogP contribution in [0.4, 0.5) is 0 Å². The van der Waals surface area contributed by atoms with Crippen molar-refractivity contribution >= 4 is 29.1 Å². The molecule has 0 radical (unpaired) electrons. The van der Waals surface area contributed by atoms with E-state index in [0.29, 0.717) is 13.1 Å². The van der Waals surface area contributed by atoms with Gasteiger partial charge in [0, 0.05) is 23.8 Å². The Morgan fingerprint density at radius 2 is 2.00 bits per heavy atom. The lowest BCUT2D eigenvalue weighted by atomic mass is 10.3. The van der Waals surface area contributed by atoms with Gasteiger partial charge in [0.15, 0.2) is 0 Å². The van der Waals surface area contributed by atoms with Crippen LogP contribution in [-0.2, 0) is 9.05 Å². The minimum atomic E-state index is -3.28. The van der Waals surface area contributed by atoms with E-state index in [-0.39, 0.29) is 5.25 Å². The van der Waals surface area contributed by atoms with Crippen molar-refractivity contribution in [1.82, 2.24) is 4.67 Å². The molecule has 0 N–H and O–H groups in total. The van der Waals surface area contributed by atoms with E-state index in [0.717, 1.165) is 0 Å². The highest BCUT2D eigenvalue weighted by Gasteiger charge is 2.33. The maximum Gasteiger partial charge on any atom is 0.238 e. The standard InChI is InChI=1S/C3H7ClNO2PS/c4-9(6,7)3-1-5(8)2-3/h3H,1-2,8H2. The van der Waals surface area contributed by atoms with Crippen molar-refractivity contribution in [3.63, 3.8) is 0 Å². The van der Waals surface area contributed by atoms with Crippen LogP contribution in [-0.4, -0.2) is 31.4 Å². The molecule has 0 aromatic heterocycles. The first kappa shape index (κ1) is 7.73. The minimum Gasteiger partial charge on any atom is -0.285 e. The number of hydrogen-bond donors (Lipinski definition) is 0. The number of nitrogens with zero attached hydrogens (tertiary/aromatic N) is 1. The van der Waals surface area contributed by atoms with Gasteiger partial charge in [0.25, 0.3) is 0 Å². The second-order valence-corrected chi connectivity index (χ2v) is 5.69. The van der Waals surface area contributed by atoms with Crippen LogP contribution in [0.2, 0.25) is 0 Å². The van der Waals surface area contributed by atoms with Crippen molar-refractivity contribution in [2.45, 2.75) is 5.25 Å². The fourth-order valence-electron chi connectivity index (χ4n) is 0.648. The van der Waals surface area contributed by atoms with Gasteiger partial charge in [-0.25, -0.2) is 8.42 Å². The quantitative estimate of drug-likeness (QED) is 0.429. The van der Waals surface area contributed by atoms with E-state index < -0.39 is 9.05 Å². The molecule has 1 aliphatic rings. The van der Waals surface area contributed by atoms with Gasteiger partial charge in [-0.2, -0.15) is 0 Å². The van der Waals surface area contributed by atoms with Crippen LogP contribution in [0.1, 0.15) is 0 Å². The summed E-state index contributed by atoms with van der Waals surface area (Å²) in [5.74, 6) is 0. The van der Waals surface area contributed by atoms with E-state index in [1.165, 1.54) is 0 Å². The van der Waals surface area contributed by atoms with Gasteiger partial charge < -0.3 is 0 Å². The Kier molecular flexibility index (Phi) is 2.02. The van der Waals surface area contributed by atoms with Crippen molar-refractivity contribution in [3.8, 4) is 0 Å². The molecule has 0 saturated carbocycles. The molecule has 1 heterocycles. The van der Waals surface area contributed by atoms with E-state index in [1.54, 1.807) is 0 Å². The summed E-state index contributed by atoms with van der Waals surface area (Å²) < 4.78 is 22.8. The molecule has 0 spiro atoms. The van der Waals surface area contributed by atoms with Gasteiger partial charge in [-0.15, -0.1) is 0 Å². The molecule has 3 nitrogen and oxygen atoms in total. The summed E-state index contributed by atoms with van der Waals surface area (Å²) in [6.45, 7) is 1.08. The minimum absolute atomic E-state index is 0.350. The van der Waals surface area contributed by atoms with Crippen molar-refractivity contribution in [2.24, 2.45) is 0 Å². The molecule has 6 heteroatoms. The fraction of sp³-hybridized carbons (Fsp3) is 1.00. The summed E-state index contributed by atoms with van der Waals surface area (Å²) in [5.41, 5.74) is 0. The highest BCUT2D eigenvalue weighted by Crippen LogP contribution is 2.21. The third-order valence-corrected chi connectivity index (χ3v) is 3.55. The van der Waals surface area contributed by atoms with Gasteiger partial charge in [0.1, 0.15) is 5.25 Å². The maximum atomic E-state index is 10.5. The molecular formula is C3H7ClNO2PS. The third-order valence-electron chi connectivity index (χ3n) is 1.27. The van der Waals surface area contributed by atoms with Crippen LogP contribution < -0.4 is 0 Å². The molecule has 0 bridgehead atoms.